The number of carbonyl (C=O) groups is 1. The molecule has 0 N–H and O–H groups in total. The summed E-state index contributed by atoms with van der Waals surface area (Å²) >= 11 is 0. The van der Waals surface area contributed by atoms with Crippen LogP contribution >= 0.6 is 0 Å². The van der Waals surface area contributed by atoms with E-state index < -0.39 is 10.0 Å². The fourth-order valence-electron chi connectivity index (χ4n) is 2.74. The molecule has 1 heterocycles. The zero-order valence-corrected chi connectivity index (χ0v) is 12.9. The van der Waals surface area contributed by atoms with Crippen LogP contribution in [0.2, 0.25) is 0 Å². The molecule has 0 radical (unpaired) electrons. The van der Waals surface area contributed by atoms with Gasteiger partial charge in [-0.2, -0.15) is 0 Å². The number of halogens is 1. The summed E-state index contributed by atoms with van der Waals surface area (Å²) in [4.78, 5) is 12.1. The summed E-state index contributed by atoms with van der Waals surface area (Å²) in [7, 11) is -3.20. The van der Waals surface area contributed by atoms with Crippen molar-refractivity contribution in [1.82, 2.24) is 4.31 Å². The first-order valence-corrected chi connectivity index (χ1v) is 8.91. The SMILES string of the molecule is CS(=O)(=O)N1CCCC(CC(=O)Cc2ccccc2F)C1. The molecule has 1 aliphatic heterocycles. The Morgan fingerprint density at radius 1 is 1.38 bits per heavy atom. The van der Waals surface area contributed by atoms with Crippen LogP contribution in [0.3, 0.4) is 0 Å². The van der Waals surface area contributed by atoms with Crippen molar-refractivity contribution < 1.29 is 17.6 Å². The van der Waals surface area contributed by atoms with Crippen molar-refractivity contribution in [2.24, 2.45) is 5.92 Å². The molecular weight excluding hydrogens is 293 g/mol. The van der Waals surface area contributed by atoms with E-state index in [1.807, 2.05) is 0 Å². The van der Waals surface area contributed by atoms with Crippen molar-refractivity contribution in [3.05, 3.63) is 35.6 Å². The van der Waals surface area contributed by atoms with Crippen molar-refractivity contribution in [2.45, 2.75) is 25.7 Å². The number of rotatable bonds is 5. The minimum absolute atomic E-state index is 0.0350. The number of nitrogens with zero attached hydrogens (tertiary/aromatic N) is 1. The zero-order chi connectivity index (χ0) is 15.5. The molecule has 1 unspecified atom stereocenters. The highest BCUT2D eigenvalue weighted by molar-refractivity contribution is 7.88. The molecule has 1 saturated heterocycles. The highest BCUT2D eigenvalue weighted by atomic mass is 32.2. The molecule has 0 aliphatic carbocycles. The van der Waals surface area contributed by atoms with Gasteiger partial charge in [-0.15, -0.1) is 0 Å². The summed E-state index contributed by atoms with van der Waals surface area (Å²) in [6, 6.07) is 6.25. The van der Waals surface area contributed by atoms with Crippen LogP contribution in [-0.4, -0.2) is 37.9 Å². The van der Waals surface area contributed by atoms with E-state index in [4.69, 9.17) is 0 Å². The number of hydrogen-bond acceptors (Lipinski definition) is 3. The second-order valence-electron chi connectivity index (χ2n) is 5.64. The van der Waals surface area contributed by atoms with Gasteiger partial charge in [-0.05, 0) is 30.4 Å². The molecule has 116 valence electrons. The Morgan fingerprint density at radius 2 is 2.10 bits per heavy atom. The summed E-state index contributed by atoms with van der Waals surface area (Å²) in [5.74, 6) is -0.375. The van der Waals surface area contributed by atoms with Crippen LogP contribution in [0.15, 0.2) is 24.3 Å². The molecule has 0 spiro atoms. The third kappa shape index (κ3) is 4.61. The first-order valence-electron chi connectivity index (χ1n) is 7.06. The summed E-state index contributed by atoms with van der Waals surface area (Å²) in [5, 5.41) is 0. The number of benzene rings is 1. The minimum atomic E-state index is -3.20. The van der Waals surface area contributed by atoms with E-state index in [-0.39, 0.29) is 23.9 Å². The molecule has 0 saturated carbocycles. The second kappa shape index (κ2) is 6.66. The summed E-state index contributed by atoms with van der Waals surface area (Å²) in [6.07, 6.45) is 3.18. The normalized spacial score (nSPS) is 20.4. The summed E-state index contributed by atoms with van der Waals surface area (Å²) in [5.41, 5.74) is 0.401. The Balaban J connectivity index is 1.92. The van der Waals surface area contributed by atoms with Gasteiger partial charge < -0.3 is 0 Å². The van der Waals surface area contributed by atoms with E-state index in [1.54, 1.807) is 18.2 Å². The standard InChI is InChI=1S/C15H20FNO3S/c1-21(19,20)17-8-4-5-12(11-17)9-14(18)10-13-6-2-3-7-15(13)16/h2-3,6-7,12H,4-5,8-11H2,1H3. The Hall–Kier alpha value is -1.27. The van der Waals surface area contributed by atoms with Crippen LogP contribution in [0.4, 0.5) is 4.39 Å². The molecule has 6 heteroatoms. The topological polar surface area (TPSA) is 54.5 Å². The van der Waals surface area contributed by atoms with Crippen LogP contribution < -0.4 is 0 Å². The van der Waals surface area contributed by atoms with Crippen LogP contribution in [-0.2, 0) is 21.2 Å². The van der Waals surface area contributed by atoms with Gasteiger partial charge in [-0.3, -0.25) is 4.79 Å². The number of hydrogen-bond donors (Lipinski definition) is 0. The lowest BCUT2D eigenvalue weighted by atomic mass is 9.92. The summed E-state index contributed by atoms with van der Waals surface area (Å²) in [6.45, 7) is 0.915. The van der Waals surface area contributed by atoms with Gasteiger partial charge >= 0.3 is 0 Å². The number of carbonyl (C=O) groups excluding carboxylic acids is 1. The van der Waals surface area contributed by atoms with Crippen molar-refractivity contribution in [1.29, 1.82) is 0 Å². The van der Waals surface area contributed by atoms with Gasteiger partial charge in [-0.1, -0.05) is 18.2 Å². The molecule has 0 aromatic heterocycles. The first-order chi connectivity index (χ1) is 9.86. The monoisotopic (exact) mass is 313 g/mol. The lowest BCUT2D eigenvalue weighted by Crippen LogP contribution is -2.39. The zero-order valence-electron chi connectivity index (χ0n) is 12.1. The number of Topliss-reactive ketones (excluding diaryl/α,β-unsaturated/α-hetero) is 1. The molecule has 4 nitrogen and oxygen atoms in total. The third-order valence-corrected chi connectivity index (χ3v) is 5.08. The fourth-order valence-corrected chi connectivity index (χ4v) is 3.69. The van der Waals surface area contributed by atoms with Crippen molar-refractivity contribution >= 4 is 15.8 Å². The van der Waals surface area contributed by atoms with E-state index in [2.05, 4.69) is 0 Å². The molecular formula is C15H20FNO3S. The molecule has 1 fully saturated rings. The Kier molecular flexibility index (Phi) is 5.11. The lowest BCUT2D eigenvalue weighted by molar-refractivity contribution is -0.119. The predicted octanol–water partition coefficient (Wildman–Crippen LogP) is 2.00. The molecule has 1 aliphatic rings. The van der Waals surface area contributed by atoms with E-state index >= 15 is 0 Å². The Labute approximate surface area is 125 Å². The molecule has 1 aromatic carbocycles. The largest absolute Gasteiger partial charge is 0.299 e. The lowest BCUT2D eigenvalue weighted by Gasteiger charge is -2.30. The van der Waals surface area contributed by atoms with Gasteiger partial charge in [0.05, 0.1) is 6.26 Å². The number of piperidine rings is 1. The van der Waals surface area contributed by atoms with Gasteiger partial charge in [-0.25, -0.2) is 17.1 Å². The van der Waals surface area contributed by atoms with Crippen LogP contribution in [0.1, 0.15) is 24.8 Å². The van der Waals surface area contributed by atoms with Crippen molar-refractivity contribution in [3.63, 3.8) is 0 Å². The van der Waals surface area contributed by atoms with Crippen molar-refractivity contribution in [2.75, 3.05) is 19.3 Å². The maximum absolute atomic E-state index is 13.5. The van der Waals surface area contributed by atoms with E-state index in [9.17, 15) is 17.6 Å². The summed E-state index contributed by atoms with van der Waals surface area (Å²) < 4.78 is 38.0. The molecule has 1 atom stereocenters. The van der Waals surface area contributed by atoms with E-state index in [1.165, 1.54) is 16.6 Å². The van der Waals surface area contributed by atoms with Crippen LogP contribution in [0.5, 0.6) is 0 Å². The van der Waals surface area contributed by atoms with E-state index in [0.717, 1.165) is 12.8 Å². The van der Waals surface area contributed by atoms with Crippen molar-refractivity contribution in [3.8, 4) is 0 Å². The van der Waals surface area contributed by atoms with E-state index in [0.29, 0.717) is 25.1 Å². The average Bonchev–Trinajstić information content (AvgIpc) is 2.41. The van der Waals surface area contributed by atoms with Gasteiger partial charge in [0.25, 0.3) is 0 Å². The first kappa shape index (κ1) is 16.1. The number of ketones is 1. The molecule has 0 bridgehead atoms. The highest BCUT2D eigenvalue weighted by Gasteiger charge is 2.27. The highest BCUT2D eigenvalue weighted by Crippen LogP contribution is 2.22. The van der Waals surface area contributed by atoms with Crippen LogP contribution in [0.25, 0.3) is 0 Å². The maximum Gasteiger partial charge on any atom is 0.211 e. The Morgan fingerprint density at radius 3 is 2.76 bits per heavy atom. The van der Waals surface area contributed by atoms with Gasteiger partial charge in [0.2, 0.25) is 10.0 Å². The third-order valence-electron chi connectivity index (χ3n) is 3.81. The minimum Gasteiger partial charge on any atom is -0.299 e. The maximum atomic E-state index is 13.5. The second-order valence-corrected chi connectivity index (χ2v) is 7.62. The molecule has 21 heavy (non-hydrogen) atoms. The molecule has 0 amide bonds. The van der Waals surface area contributed by atoms with Crippen LogP contribution in [0, 0.1) is 11.7 Å². The molecule has 1 aromatic rings. The Bertz CT molecular complexity index is 615. The number of sulfonamides is 1. The quantitative estimate of drug-likeness (QED) is 0.835. The fraction of sp³-hybridized carbons (Fsp3) is 0.533. The smallest absolute Gasteiger partial charge is 0.211 e. The van der Waals surface area contributed by atoms with Gasteiger partial charge in [0.15, 0.2) is 0 Å². The van der Waals surface area contributed by atoms with Gasteiger partial charge in [0.1, 0.15) is 11.6 Å². The van der Waals surface area contributed by atoms with Gasteiger partial charge in [0, 0.05) is 25.9 Å². The predicted molar refractivity (Wildman–Crippen MR) is 78.9 cm³/mol. The molecule has 2 rings (SSSR count). The average molecular weight is 313 g/mol.